The van der Waals surface area contributed by atoms with Gasteiger partial charge in [0.15, 0.2) is 0 Å². The standard InChI is InChI=1S/C14H22N4S/c1-14(2)10-18(5-6-19-14)13-16-8-11(9-17-13)7-15-12-3-4-12/h8-9,12,15H,3-7,10H2,1-2H3. The second kappa shape index (κ2) is 5.29. The van der Waals surface area contributed by atoms with Crippen molar-refractivity contribution in [2.45, 2.75) is 44.0 Å². The first-order chi connectivity index (χ1) is 9.12. The average Bonchev–Trinajstić information content (AvgIpc) is 3.20. The van der Waals surface area contributed by atoms with Crippen molar-refractivity contribution in [1.29, 1.82) is 0 Å². The molecule has 4 nitrogen and oxygen atoms in total. The van der Waals surface area contributed by atoms with Gasteiger partial charge >= 0.3 is 0 Å². The lowest BCUT2D eigenvalue weighted by atomic mass is 10.2. The zero-order valence-corrected chi connectivity index (χ0v) is 12.5. The zero-order chi connectivity index (χ0) is 13.3. The summed E-state index contributed by atoms with van der Waals surface area (Å²) >= 11 is 2.03. The van der Waals surface area contributed by atoms with Crippen LogP contribution in [0.5, 0.6) is 0 Å². The van der Waals surface area contributed by atoms with Crippen LogP contribution in [0, 0.1) is 0 Å². The molecule has 0 bridgehead atoms. The largest absolute Gasteiger partial charge is 0.339 e. The molecule has 2 fully saturated rings. The molecule has 1 aliphatic carbocycles. The van der Waals surface area contributed by atoms with E-state index < -0.39 is 0 Å². The molecule has 2 heterocycles. The van der Waals surface area contributed by atoms with Gasteiger partial charge in [-0.1, -0.05) is 0 Å². The summed E-state index contributed by atoms with van der Waals surface area (Å²) in [5.74, 6) is 2.03. The fourth-order valence-corrected chi connectivity index (χ4v) is 3.45. The summed E-state index contributed by atoms with van der Waals surface area (Å²) in [5.41, 5.74) is 1.18. The van der Waals surface area contributed by atoms with Crippen LogP contribution in [0.1, 0.15) is 32.3 Å². The highest BCUT2D eigenvalue weighted by atomic mass is 32.2. The van der Waals surface area contributed by atoms with Gasteiger partial charge in [-0.3, -0.25) is 0 Å². The Bertz CT molecular complexity index is 428. The second-order valence-corrected chi connectivity index (χ2v) is 7.88. The summed E-state index contributed by atoms with van der Waals surface area (Å²) in [6.07, 6.45) is 6.57. The van der Waals surface area contributed by atoms with Gasteiger partial charge in [0.05, 0.1) is 0 Å². The van der Waals surface area contributed by atoms with Gasteiger partial charge in [0.2, 0.25) is 5.95 Å². The van der Waals surface area contributed by atoms with Crippen LogP contribution < -0.4 is 10.2 Å². The van der Waals surface area contributed by atoms with Crippen LogP contribution >= 0.6 is 11.8 Å². The lowest BCUT2D eigenvalue weighted by Gasteiger charge is -2.37. The summed E-state index contributed by atoms with van der Waals surface area (Å²) in [7, 11) is 0. The Kier molecular flexibility index (Phi) is 3.67. The average molecular weight is 278 g/mol. The minimum absolute atomic E-state index is 0.299. The molecule has 0 radical (unpaired) electrons. The molecule has 104 valence electrons. The molecular formula is C14H22N4S. The maximum absolute atomic E-state index is 4.53. The number of hydrogen-bond donors (Lipinski definition) is 1. The summed E-state index contributed by atoms with van der Waals surface area (Å²) in [6, 6.07) is 0.736. The van der Waals surface area contributed by atoms with E-state index in [1.54, 1.807) is 0 Å². The van der Waals surface area contributed by atoms with E-state index in [0.717, 1.165) is 37.4 Å². The summed E-state index contributed by atoms with van der Waals surface area (Å²) < 4.78 is 0.299. The number of nitrogens with one attached hydrogen (secondary N) is 1. The highest BCUT2D eigenvalue weighted by molar-refractivity contribution is 8.00. The molecule has 1 aromatic heterocycles. The van der Waals surface area contributed by atoms with Crippen molar-refractivity contribution >= 4 is 17.7 Å². The predicted molar refractivity (Wildman–Crippen MR) is 80.6 cm³/mol. The molecule has 5 heteroatoms. The maximum atomic E-state index is 4.53. The second-order valence-electron chi connectivity index (χ2n) is 6.08. The Balaban J connectivity index is 1.61. The molecule has 0 unspecified atom stereocenters. The van der Waals surface area contributed by atoms with Crippen molar-refractivity contribution in [2.24, 2.45) is 0 Å². The lowest BCUT2D eigenvalue weighted by Crippen LogP contribution is -2.43. The smallest absolute Gasteiger partial charge is 0.225 e. The number of rotatable bonds is 4. The van der Waals surface area contributed by atoms with Gasteiger partial charge < -0.3 is 10.2 Å². The minimum atomic E-state index is 0.299. The molecule has 0 spiro atoms. The number of hydrogen-bond acceptors (Lipinski definition) is 5. The van der Waals surface area contributed by atoms with Gasteiger partial charge in [-0.25, -0.2) is 9.97 Å². The zero-order valence-electron chi connectivity index (χ0n) is 11.7. The van der Waals surface area contributed by atoms with Crippen LogP contribution in [0.3, 0.4) is 0 Å². The molecule has 1 saturated carbocycles. The monoisotopic (exact) mass is 278 g/mol. The number of anilines is 1. The Labute approximate surface area is 119 Å². The molecule has 0 atom stereocenters. The third-order valence-corrected chi connectivity index (χ3v) is 4.87. The van der Waals surface area contributed by atoms with Gasteiger partial charge in [0.1, 0.15) is 0 Å². The molecule has 1 saturated heterocycles. The van der Waals surface area contributed by atoms with E-state index in [9.17, 15) is 0 Å². The molecule has 2 aliphatic rings. The molecule has 0 aromatic carbocycles. The highest BCUT2D eigenvalue weighted by Gasteiger charge is 2.28. The topological polar surface area (TPSA) is 41.1 Å². The predicted octanol–water partition coefficient (Wildman–Crippen LogP) is 2.06. The number of thioether (sulfide) groups is 1. The Morgan fingerprint density at radius 2 is 2.11 bits per heavy atom. The molecule has 3 rings (SSSR count). The lowest BCUT2D eigenvalue weighted by molar-refractivity contribution is 0.633. The highest BCUT2D eigenvalue weighted by Crippen LogP contribution is 2.30. The third kappa shape index (κ3) is 3.60. The molecule has 1 aliphatic heterocycles. The fourth-order valence-electron chi connectivity index (χ4n) is 2.34. The van der Waals surface area contributed by atoms with Gasteiger partial charge in [-0.2, -0.15) is 11.8 Å². The van der Waals surface area contributed by atoms with Gasteiger partial charge in [-0.05, 0) is 26.7 Å². The fraction of sp³-hybridized carbons (Fsp3) is 0.714. The van der Waals surface area contributed by atoms with E-state index in [0.29, 0.717) is 4.75 Å². The van der Waals surface area contributed by atoms with E-state index in [1.165, 1.54) is 18.4 Å². The first kappa shape index (κ1) is 13.2. The Morgan fingerprint density at radius 1 is 1.37 bits per heavy atom. The van der Waals surface area contributed by atoms with Crippen LogP contribution in [-0.2, 0) is 6.54 Å². The van der Waals surface area contributed by atoms with Crippen LogP contribution in [0.25, 0.3) is 0 Å². The molecule has 1 aromatic rings. The van der Waals surface area contributed by atoms with Crippen molar-refractivity contribution in [2.75, 3.05) is 23.7 Å². The van der Waals surface area contributed by atoms with Crippen molar-refractivity contribution in [3.63, 3.8) is 0 Å². The van der Waals surface area contributed by atoms with E-state index in [-0.39, 0.29) is 0 Å². The van der Waals surface area contributed by atoms with Crippen molar-refractivity contribution in [1.82, 2.24) is 15.3 Å². The summed E-state index contributed by atoms with van der Waals surface area (Å²) in [4.78, 5) is 11.4. The minimum Gasteiger partial charge on any atom is -0.339 e. The van der Waals surface area contributed by atoms with E-state index in [2.05, 4.69) is 34.0 Å². The van der Waals surface area contributed by atoms with Crippen molar-refractivity contribution in [3.05, 3.63) is 18.0 Å². The third-order valence-electron chi connectivity index (χ3n) is 3.57. The number of nitrogens with zero attached hydrogens (tertiary/aromatic N) is 3. The Hall–Kier alpha value is -0.810. The van der Waals surface area contributed by atoms with E-state index >= 15 is 0 Å². The van der Waals surface area contributed by atoms with Gasteiger partial charge in [-0.15, -0.1) is 0 Å². The normalized spacial score (nSPS) is 22.5. The summed E-state index contributed by atoms with van der Waals surface area (Å²) in [5, 5.41) is 3.49. The molecule has 19 heavy (non-hydrogen) atoms. The molecule has 0 amide bonds. The van der Waals surface area contributed by atoms with Crippen LogP contribution in [0.15, 0.2) is 12.4 Å². The maximum Gasteiger partial charge on any atom is 0.225 e. The van der Waals surface area contributed by atoms with Crippen LogP contribution in [0.2, 0.25) is 0 Å². The van der Waals surface area contributed by atoms with E-state index in [1.807, 2.05) is 24.2 Å². The Morgan fingerprint density at radius 3 is 2.74 bits per heavy atom. The first-order valence-electron chi connectivity index (χ1n) is 7.06. The molecule has 1 N–H and O–H groups in total. The van der Waals surface area contributed by atoms with Crippen LogP contribution in [0.4, 0.5) is 5.95 Å². The van der Waals surface area contributed by atoms with Crippen molar-refractivity contribution in [3.8, 4) is 0 Å². The SMILES string of the molecule is CC1(C)CN(c2ncc(CNC3CC3)cn2)CCS1. The first-order valence-corrected chi connectivity index (χ1v) is 8.04. The van der Waals surface area contributed by atoms with Crippen molar-refractivity contribution < 1.29 is 0 Å². The van der Waals surface area contributed by atoms with E-state index in [4.69, 9.17) is 0 Å². The molecular weight excluding hydrogens is 256 g/mol. The quantitative estimate of drug-likeness (QED) is 0.913. The van der Waals surface area contributed by atoms with Gasteiger partial charge in [0, 0.05) is 54.1 Å². The van der Waals surface area contributed by atoms with Crippen LogP contribution in [-0.4, -0.2) is 39.6 Å². The number of aromatic nitrogens is 2. The summed E-state index contributed by atoms with van der Waals surface area (Å²) in [6.45, 7) is 7.55. The van der Waals surface area contributed by atoms with Gasteiger partial charge in [0.25, 0.3) is 0 Å².